The first-order chi connectivity index (χ1) is 14.0. The van der Waals surface area contributed by atoms with Crippen LogP contribution in [-0.2, 0) is 24.3 Å². The number of nitro groups is 1. The molecule has 0 radical (unpaired) electrons. The topological polar surface area (TPSA) is 139 Å². The highest BCUT2D eigenvalue weighted by Crippen LogP contribution is 2.35. The first kappa shape index (κ1) is 24.5. The summed E-state index contributed by atoms with van der Waals surface area (Å²) in [5.41, 5.74) is 0.442. The zero-order valence-electron chi connectivity index (χ0n) is 17.3. The van der Waals surface area contributed by atoms with E-state index in [9.17, 15) is 26.9 Å². The summed E-state index contributed by atoms with van der Waals surface area (Å²) in [6.45, 7) is 5.38. The molecule has 0 bridgehead atoms. The van der Waals surface area contributed by atoms with E-state index >= 15 is 0 Å². The van der Waals surface area contributed by atoms with Gasteiger partial charge in [-0.3, -0.25) is 14.3 Å². The van der Waals surface area contributed by atoms with Crippen molar-refractivity contribution in [1.29, 1.82) is 0 Å². The van der Waals surface area contributed by atoms with Crippen molar-refractivity contribution in [2.45, 2.75) is 25.2 Å². The third-order valence-corrected chi connectivity index (χ3v) is 7.13. The number of rotatable bonds is 10. The maximum atomic E-state index is 13.4. The van der Waals surface area contributed by atoms with Gasteiger partial charge >= 0.3 is 0 Å². The first-order valence-corrected chi connectivity index (χ1v) is 12.8. The van der Waals surface area contributed by atoms with Crippen LogP contribution in [0.15, 0.2) is 17.0 Å². The van der Waals surface area contributed by atoms with Crippen molar-refractivity contribution in [3.05, 3.63) is 27.8 Å². The van der Waals surface area contributed by atoms with Crippen molar-refractivity contribution >= 4 is 31.5 Å². The minimum Gasteiger partial charge on any atom is -0.368 e. The number of benzene rings is 1. The summed E-state index contributed by atoms with van der Waals surface area (Å²) in [7, 11) is -7.65. The summed E-state index contributed by atoms with van der Waals surface area (Å²) in [5, 5.41) is 14.5. The van der Waals surface area contributed by atoms with E-state index in [-0.39, 0.29) is 36.8 Å². The Kier molecular flexibility index (Phi) is 8.16. The predicted molar refractivity (Wildman–Crippen MR) is 113 cm³/mol. The molecule has 30 heavy (non-hydrogen) atoms. The number of hydrogen-bond donors (Lipinski definition) is 1. The van der Waals surface area contributed by atoms with Gasteiger partial charge in [-0.2, -0.15) is 12.7 Å². The van der Waals surface area contributed by atoms with E-state index in [1.54, 1.807) is 11.8 Å². The van der Waals surface area contributed by atoms with Crippen LogP contribution in [0.5, 0.6) is 0 Å². The van der Waals surface area contributed by atoms with Crippen molar-refractivity contribution in [3.8, 4) is 0 Å². The average Bonchev–Trinajstić information content (AvgIpc) is 2.66. The van der Waals surface area contributed by atoms with Crippen LogP contribution in [0.2, 0.25) is 0 Å². The molecule has 0 aliphatic carbocycles. The molecule has 1 N–H and O–H groups in total. The number of nitrogens with one attached hydrogen (secondary N) is 1. The monoisotopic (exact) mass is 464 g/mol. The van der Waals surface area contributed by atoms with Crippen molar-refractivity contribution in [2.75, 3.05) is 57.0 Å². The number of anilines is 1. The van der Waals surface area contributed by atoms with Crippen molar-refractivity contribution in [2.24, 2.45) is 0 Å². The third-order valence-electron chi connectivity index (χ3n) is 4.62. The molecule has 170 valence electrons. The molecule has 2 rings (SSSR count). The second-order valence-electron chi connectivity index (χ2n) is 7.03. The Bertz CT molecular complexity index is 974. The van der Waals surface area contributed by atoms with Gasteiger partial charge in [-0.15, -0.1) is 0 Å². The second-order valence-corrected chi connectivity index (χ2v) is 10.6. The third kappa shape index (κ3) is 6.11. The predicted octanol–water partition coefficient (Wildman–Crippen LogP) is 0.690. The van der Waals surface area contributed by atoms with E-state index in [0.29, 0.717) is 37.3 Å². The number of non-ortho nitro benzene ring substituents is 1. The normalized spacial score (nSPS) is 15.8. The molecule has 0 unspecified atom stereocenters. The average molecular weight is 465 g/mol. The molecular weight excluding hydrogens is 436 g/mol. The van der Waals surface area contributed by atoms with Crippen LogP contribution in [0.4, 0.5) is 11.4 Å². The van der Waals surface area contributed by atoms with Gasteiger partial charge in [0.1, 0.15) is 4.90 Å². The Hall–Kier alpha value is -1.80. The van der Waals surface area contributed by atoms with Gasteiger partial charge in [0.2, 0.25) is 10.0 Å². The molecule has 1 aliphatic heterocycles. The highest BCUT2D eigenvalue weighted by molar-refractivity contribution is 7.89. The maximum absolute atomic E-state index is 13.4. The summed E-state index contributed by atoms with van der Waals surface area (Å²) >= 11 is 0. The van der Waals surface area contributed by atoms with Gasteiger partial charge in [-0.25, -0.2) is 8.42 Å². The summed E-state index contributed by atoms with van der Waals surface area (Å²) < 4.78 is 55.5. The second kappa shape index (κ2) is 10.0. The molecule has 0 amide bonds. The minimum atomic E-state index is -4.00. The molecule has 0 aromatic heterocycles. The standard InChI is InChI=1S/C17H28N4O7S2/c1-4-7-19(10-11-28-29(3,24)25)17-14(2)12-15(21(22)23)13-16(17)30(26,27)20-8-5-18-6-9-20/h12-13,18H,4-11H2,1-3H3. The lowest BCUT2D eigenvalue weighted by atomic mass is 10.1. The van der Waals surface area contributed by atoms with E-state index in [0.717, 1.165) is 12.3 Å². The summed E-state index contributed by atoms with van der Waals surface area (Å²) in [6, 6.07) is 2.41. The van der Waals surface area contributed by atoms with Gasteiger partial charge in [-0.05, 0) is 18.9 Å². The fourth-order valence-electron chi connectivity index (χ4n) is 3.36. The van der Waals surface area contributed by atoms with E-state index < -0.39 is 25.1 Å². The van der Waals surface area contributed by atoms with Crippen LogP contribution in [0.25, 0.3) is 0 Å². The Morgan fingerprint density at radius 3 is 2.37 bits per heavy atom. The van der Waals surface area contributed by atoms with Crippen molar-refractivity contribution in [1.82, 2.24) is 9.62 Å². The number of hydrogen-bond acceptors (Lipinski definition) is 9. The zero-order chi connectivity index (χ0) is 22.5. The molecule has 0 atom stereocenters. The van der Waals surface area contributed by atoms with Gasteiger partial charge in [0.25, 0.3) is 15.8 Å². The Morgan fingerprint density at radius 2 is 1.83 bits per heavy atom. The van der Waals surface area contributed by atoms with Crippen LogP contribution in [0.3, 0.4) is 0 Å². The van der Waals surface area contributed by atoms with E-state index in [1.807, 2.05) is 6.92 Å². The molecule has 1 aromatic rings. The molecule has 11 nitrogen and oxygen atoms in total. The lowest BCUT2D eigenvalue weighted by molar-refractivity contribution is -0.385. The fourth-order valence-corrected chi connectivity index (χ4v) is 5.49. The van der Waals surface area contributed by atoms with E-state index in [1.165, 1.54) is 10.4 Å². The number of nitrogens with zero attached hydrogens (tertiary/aromatic N) is 3. The Labute approximate surface area is 177 Å². The molecular formula is C17H28N4O7S2. The summed E-state index contributed by atoms with van der Waals surface area (Å²) in [5.74, 6) is 0. The first-order valence-electron chi connectivity index (χ1n) is 9.56. The molecule has 1 heterocycles. The Balaban J connectivity index is 2.56. The summed E-state index contributed by atoms with van der Waals surface area (Å²) in [4.78, 5) is 12.3. The number of aryl methyl sites for hydroxylation is 1. The van der Waals surface area contributed by atoms with Crippen LogP contribution in [-0.4, -0.2) is 78.2 Å². The van der Waals surface area contributed by atoms with Gasteiger partial charge in [-0.1, -0.05) is 6.92 Å². The van der Waals surface area contributed by atoms with Crippen LogP contribution >= 0.6 is 0 Å². The fraction of sp³-hybridized carbons (Fsp3) is 0.647. The molecule has 13 heteroatoms. The molecule has 0 spiro atoms. The Morgan fingerprint density at radius 1 is 1.20 bits per heavy atom. The smallest absolute Gasteiger partial charge is 0.271 e. The van der Waals surface area contributed by atoms with Gasteiger partial charge in [0, 0.05) is 51.4 Å². The van der Waals surface area contributed by atoms with Crippen molar-refractivity contribution < 1.29 is 25.9 Å². The van der Waals surface area contributed by atoms with Crippen LogP contribution < -0.4 is 10.2 Å². The van der Waals surface area contributed by atoms with E-state index in [2.05, 4.69) is 5.32 Å². The quantitative estimate of drug-likeness (QED) is 0.301. The van der Waals surface area contributed by atoms with Crippen molar-refractivity contribution in [3.63, 3.8) is 0 Å². The molecule has 0 saturated carbocycles. The lowest BCUT2D eigenvalue weighted by Gasteiger charge is -2.31. The largest absolute Gasteiger partial charge is 0.368 e. The van der Waals surface area contributed by atoms with Gasteiger partial charge < -0.3 is 10.2 Å². The minimum absolute atomic E-state index is 0.115. The van der Waals surface area contributed by atoms with Crippen LogP contribution in [0.1, 0.15) is 18.9 Å². The van der Waals surface area contributed by atoms with Crippen LogP contribution in [0, 0.1) is 17.0 Å². The molecule has 1 saturated heterocycles. The van der Waals surface area contributed by atoms with Gasteiger partial charge in [0.15, 0.2) is 0 Å². The lowest BCUT2D eigenvalue weighted by Crippen LogP contribution is -2.46. The van der Waals surface area contributed by atoms with Gasteiger partial charge in [0.05, 0.1) is 23.5 Å². The molecule has 1 aliphatic rings. The number of sulfonamides is 1. The highest BCUT2D eigenvalue weighted by atomic mass is 32.2. The number of piperazine rings is 1. The SMILES string of the molecule is CCCN(CCOS(C)(=O)=O)c1c(C)cc([N+](=O)[O-])cc1S(=O)(=O)N1CCNCC1. The van der Waals surface area contributed by atoms with E-state index in [4.69, 9.17) is 4.18 Å². The molecule has 1 fully saturated rings. The highest BCUT2D eigenvalue weighted by Gasteiger charge is 2.32. The molecule has 1 aromatic carbocycles. The number of nitro benzene ring substituents is 1. The maximum Gasteiger partial charge on any atom is 0.271 e. The summed E-state index contributed by atoms with van der Waals surface area (Å²) in [6.07, 6.45) is 1.59. The zero-order valence-corrected chi connectivity index (χ0v) is 19.0.